The third-order valence-electron chi connectivity index (χ3n) is 3.34. The van der Waals surface area contributed by atoms with Gasteiger partial charge in [0.2, 0.25) is 0 Å². The second-order valence-electron chi connectivity index (χ2n) is 6.98. The number of allylic oxidation sites excluding steroid dienone is 1. The fourth-order valence-electron chi connectivity index (χ4n) is 1.77. The van der Waals surface area contributed by atoms with Gasteiger partial charge in [-0.1, -0.05) is 20.8 Å². The molecule has 1 aliphatic heterocycles. The van der Waals surface area contributed by atoms with Gasteiger partial charge in [-0.25, -0.2) is 0 Å². The van der Waals surface area contributed by atoms with Gasteiger partial charge in [-0.05, 0) is 45.0 Å². The van der Waals surface area contributed by atoms with E-state index >= 15 is 0 Å². The van der Waals surface area contributed by atoms with Gasteiger partial charge in [0, 0.05) is 0 Å². The average Bonchev–Trinajstić information content (AvgIpc) is 2.17. The molecule has 0 amide bonds. The van der Waals surface area contributed by atoms with E-state index in [2.05, 4.69) is 55.0 Å². The molecule has 1 heterocycles. The number of hydrogen-bond donors (Lipinski definition) is 0. The molecule has 0 unspecified atom stereocenters. The molecule has 0 aromatic carbocycles. The van der Waals surface area contributed by atoms with Crippen LogP contribution < -0.4 is 0 Å². The maximum atomic E-state index is 5.95. The Labute approximate surface area is 101 Å². The Morgan fingerprint density at radius 3 is 1.75 bits per heavy atom. The van der Waals surface area contributed by atoms with Crippen LogP contribution in [0.15, 0.2) is 12.1 Å². The van der Waals surface area contributed by atoms with E-state index in [-0.39, 0.29) is 23.7 Å². The molecule has 0 atom stereocenters. The van der Waals surface area contributed by atoms with Crippen LogP contribution in [0.1, 0.15) is 54.9 Å². The lowest BCUT2D eigenvalue weighted by molar-refractivity contribution is 0.00578. The van der Waals surface area contributed by atoms with Crippen molar-refractivity contribution in [1.82, 2.24) is 0 Å². The van der Waals surface area contributed by atoms with Crippen molar-refractivity contribution < 1.29 is 9.31 Å². The van der Waals surface area contributed by atoms with Crippen LogP contribution in [-0.2, 0) is 9.31 Å². The topological polar surface area (TPSA) is 18.5 Å². The maximum absolute atomic E-state index is 5.95. The van der Waals surface area contributed by atoms with Crippen LogP contribution in [0.2, 0.25) is 0 Å². The predicted octanol–water partition coefficient (Wildman–Crippen LogP) is 3.61. The van der Waals surface area contributed by atoms with Crippen LogP contribution in [0.4, 0.5) is 0 Å². The maximum Gasteiger partial charge on any atom is 0.489 e. The minimum Gasteiger partial charge on any atom is -0.400 e. The molecule has 0 N–H and O–H groups in total. The van der Waals surface area contributed by atoms with E-state index in [0.717, 1.165) is 11.9 Å². The van der Waals surface area contributed by atoms with Gasteiger partial charge in [-0.2, -0.15) is 0 Å². The summed E-state index contributed by atoms with van der Waals surface area (Å²) in [5.74, 6) is 0. The quantitative estimate of drug-likeness (QED) is 0.667. The van der Waals surface area contributed by atoms with Gasteiger partial charge in [-0.3, -0.25) is 0 Å². The second-order valence-corrected chi connectivity index (χ2v) is 6.98. The molecule has 3 heteroatoms. The first kappa shape index (κ1) is 13.8. The Bertz CT molecular complexity index is 271. The zero-order valence-corrected chi connectivity index (χ0v) is 11.8. The molecule has 1 saturated heterocycles. The monoisotopic (exact) mass is 224 g/mol. The van der Waals surface area contributed by atoms with Crippen molar-refractivity contribution in [3.05, 3.63) is 12.1 Å². The summed E-state index contributed by atoms with van der Waals surface area (Å²) in [4.78, 5) is 0. The van der Waals surface area contributed by atoms with E-state index in [0.29, 0.717) is 0 Å². The highest BCUT2D eigenvalue weighted by Crippen LogP contribution is 2.40. The van der Waals surface area contributed by atoms with Crippen LogP contribution in [-0.4, -0.2) is 18.3 Å². The second kappa shape index (κ2) is 3.88. The van der Waals surface area contributed by atoms with Gasteiger partial charge in [0.25, 0.3) is 0 Å². The molecular formula is C13H25BO2. The van der Waals surface area contributed by atoms with E-state index in [1.54, 1.807) is 0 Å². The van der Waals surface area contributed by atoms with Crippen LogP contribution in [0, 0.1) is 5.41 Å². The zero-order chi connectivity index (χ0) is 12.8. The summed E-state index contributed by atoms with van der Waals surface area (Å²) >= 11 is 0. The molecule has 0 saturated carbocycles. The lowest BCUT2D eigenvalue weighted by Gasteiger charge is -2.32. The first-order valence-electron chi connectivity index (χ1n) is 5.98. The molecule has 0 aromatic rings. The van der Waals surface area contributed by atoms with E-state index in [1.807, 2.05) is 0 Å². The average molecular weight is 224 g/mol. The lowest BCUT2D eigenvalue weighted by Crippen LogP contribution is -2.41. The van der Waals surface area contributed by atoms with Crippen LogP contribution in [0.25, 0.3) is 0 Å². The van der Waals surface area contributed by atoms with E-state index < -0.39 is 0 Å². The third kappa shape index (κ3) is 2.89. The van der Waals surface area contributed by atoms with Crippen LogP contribution in [0.5, 0.6) is 0 Å². The molecule has 0 radical (unpaired) electrons. The van der Waals surface area contributed by atoms with Gasteiger partial charge in [0.05, 0.1) is 11.2 Å². The molecule has 1 rings (SSSR count). The summed E-state index contributed by atoms with van der Waals surface area (Å²) in [6.07, 6.45) is 0.920. The molecule has 2 nitrogen and oxygen atoms in total. The normalized spacial score (nSPS) is 23.6. The Kier molecular flexibility index (Phi) is 3.35. The summed E-state index contributed by atoms with van der Waals surface area (Å²) in [5.41, 5.74) is 0.726. The highest BCUT2D eigenvalue weighted by Gasteiger charge is 2.52. The highest BCUT2D eigenvalue weighted by atomic mass is 16.7. The largest absolute Gasteiger partial charge is 0.489 e. The van der Waals surface area contributed by atoms with E-state index in [9.17, 15) is 0 Å². The van der Waals surface area contributed by atoms with Gasteiger partial charge in [-0.15, -0.1) is 6.58 Å². The van der Waals surface area contributed by atoms with Crippen molar-refractivity contribution in [1.29, 1.82) is 0 Å². The highest BCUT2D eigenvalue weighted by molar-refractivity contribution is 6.54. The van der Waals surface area contributed by atoms with Crippen molar-refractivity contribution in [2.75, 3.05) is 0 Å². The molecule has 1 aliphatic rings. The molecule has 92 valence electrons. The molecule has 0 spiro atoms. The summed E-state index contributed by atoms with van der Waals surface area (Å²) in [6.45, 7) is 19.0. The third-order valence-corrected chi connectivity index (χ3v) is 3.34. The molecule has 1 fully saturated rings. The molecule has 16 heavy (non-hydrogen) atoms. The Balaban J connectivity index is 2.70. The Morgan fingerprint density at radius 1 is 1.06 bits per heavy atom. The first-order chi connectivity index (χ1) is 6.95. The van der Waals surface area contributed by atoms with Crippen molar-refractivity contribution in [2.45, 2.75) is 66.1 Å². The first-order valence-corrected chi connectivity index (χ1v) is 5.98. The number of rotatable bonds is 2. The molecular weight excluding hydrogens is 199 g/mol. The van der Waals surface area contributed by atoms with Gasteiger partial charge in [0.15, 0.2) is 0 Å². The Morgan fingerprint density at radius 2 is 1.44 bits per heavy atom. The van der Waals surface area contributed by atoms with Crippen molar-refractivity contribution in [3.63, 3.8) is 0 Å². The summed E-state index contributed by atoms with van der Waals surface area (Å²) in [6, 6.07) is 0. The standard InChI is InChI=1S/C13H25BO2/c1-10(9-11(2,3)4)14-15-12(5,6)13(7,8)16-14/h1,9H2,2-8H3. The van der Waals surface area contributed by atoms with E-state index in [1.165, 1.54) is 0 Å². The Hall–Kier alpha value is -0.275. The van der Waals surface area contributed by atoms with Crippen molar-refractivity contribution in [3.8, 4) is 0 Å². The van der Waals surface area contributed by atoms with Crippen LogP contribution >= 0.6 is 0 Å². The molecule has 0 aromatic heterocycles. The summed E-state index contributed by atoms with van der Waals surface area (Å²) < 4.78 is 11.9. The van der Waals surface area contributed by atoms with Gasteiger partial charge >= 0.3 is 7.12 Å². The summed E-state index contributed by atoms with van der Waals surface area (Å²) in [7, 11) is -0.260. The smallest absolute Gasteiger partial charge is 0.400 e. The fourth-order valence-corrected chi connectivity index (χ4v) is 1.77. The fraction of sp³-hybridized carbons (Fsp3) is 0.846. The molecule has 0 bridgehead atoms. The minimum atomic E-state index is -0.265. The van der Waals surface area contributed by atoms with Gasteiger partial charge < -0.3 is 9.31 Å². The van der Waals surface area contributed by atoms with Crippen molar-refractivity contribution >= 4 is 7.12 Å². The van der Waals surface area contributed by atoms with Crippen LogP contribution in [0.3, 0.4) is 0 Å². The zero-order valence-electron chi connectivity index (χ0n) is 11.8. The SMILES string of the molecule is C=C(CC(C)(C)C)B1OC(C)(C)C(C)(C)O1. The molecule has 0 aliphatic carbocycles. The minimum absolute atomic E-state index is 0.223. The lowest BCUT2D eigenvalue weighted by atomic mass is 9.71. The van der Waals surface area contributed by atoms with Crippen molar-refractivity contribution in [2.24, 2.45) is 5.41 Å². The van der Waals surface area contributed by atoms with E-state index in [4.69, 9.17) is 9.31 Å². The number of hydrogen-bond acceptors (Lipinski definition) is 2. The van der Waals surface area contributed by atoms with Gasteiger partial charge in [0.1, 0.15) is 0 Å². The summed E-state index contributed by atoms with van der Waals surface area (Å²) in [5, 5.41) is 0. The predicted molar refractivity (Wildman–Crippen MR) is 69.3 cm³/mol.